The molecule has 0 aliphatic rings. The van der Waals surface area contributed by atoms with Crippen LogP contribution in [-0.2, 0) is 9.59 Å². The van der Waals surface area contributed by atoms with Gasteiger partial charge in [-0.1, -0.05) is 44.1 Å². The topological polar surface area (TPSA) is 77.4 Å². The molecule has 0 fully saturated rings. The Morgan fingerprint density at radius 3 is 2.08 bits per heavy atom. The number of quaternary nitrogens is 1. The van der Waals surface area contributed by atoms with Crippen LogP contribution in [0.1, 0.15) is 64.7 Å². The summed E-state index contributed by atoms with van der Waals surface area (Å²) in [6.45, 7) is 2.25. The maximum atomic E-state index is 12.4. The molecule has 0 saturated heterocycles. The lowest BCUT2D eigenvalue weighted by Gasteiger charge is -2.34. The number of carbonyl (C=O) groups is 2. The van der Waals surface area contributed by atoms with E-state index < -0.39 is 23.8 Å². The molecular weight excluding hydrogens is 330 g/mol. The molecule has 1 atom stereocenters. The summed E-state index contributed by atoms with van der Waals surface area (Å²) in [5.74, 6) is -1.82. The van der Waals surface area contributed by atoms with Crippen molar-refractivity contribution in [1.29, 1.82) is 0 Å². The first-order valence-electron chi connectivity index (χ1n) is 9.66. The van der Waals surface area contributed by atoms with E-state index in [0.717, 1.165) is 19.3 Å². The average Bonchev–Trinajstić information content (AvgIpc) is 2.49. The molecule has 0 aliphatic heterocycles. The molecule has 0 aromatic carbocycles. The Balaban J connectivity index is 4.23. The van der Waals surface area contributed by atoms with Crippen molar-refractivity contribution in [2.45, 2.75) is 70.3 Å². The van der Waals surface area contributed by atoms with Gasteiger partial charge in [-0.2, -0.15) is 0 Å². The molecule has 1 unspecified atom stereocenters. The summed E-state index contributed by atoms with van der Waals surface area (Å²) in [5, 5.41) is 21.5. The van der Waals surface area contributed by atoms with E-state index in [4.69, 9.17) is 0 Å². The van der Waals surface area contributed by atoms with Crippen LogP contribution in [0.5, 0.6) is 0 Å². The van der Waals surface area contributed by atoms with E-state index in [1.165, 1.54) is 19.3 Å². The number of unbranched alkanes of at least 4 members (excludes halogenated alkanes) is 4. The van der Waals surface area contributed by atoms with E-state index in [1.54, 1.807) is 0 Å². The van der Waals surface area contributed by atoms with E-state index in [2.05, 4.69) is 25.2 Å². The number of carboxylic acids is 1. The zero-order valence-corrected chi connectivity index (χ0v) is 17.0. The zero-order chi connectivity index (χ0) is 20.1. The number of carboxylic acid groups (broad SMARTS) is 1. The van der Waals surface area contributed by atoms with Gasteiger partial charge in [0.05, 0.1) is 21.1 Å². The normalized spacial score (nSPS) is 14.8. The molecule has 0 bridgehead atoms. The van der Waals surface area contributed by atoms with Crippen molar-refractivity contribution in [3.63, 3.8) is 0 Å². The third-order valence-corrected chi connectivity index (χ3v) is 4.05. The lowest BCUT2D eigenvalue weighted by molar-refractivity contribution is -0.875. The number of Topliss-reactive ketones (excluding diaryl/α,β-unsaturated/α-hetero) is 1. The molecule has 0 aromatic rings. The molecule has 150 valence electrons. The van der Waals surface area contributed by atoms with E-state index >= 15 is 0 Å². The SMILES string of the molecule is CCCCCC=CC/C=C/CCCC(=O)C(O)(CC(=O)[O-])C[N+](C)(C)C. The van der Waals surface area contributed by atoms with Crippen LogP contribution in [0.25, 0.3) is 0 Å². The summed E-state index contributed by atoms with van der Waals surface area (Å²) in [5.41, 5.74) is -1.86. The maximum absolute atomic E-state index is 12.4. The minimum Gasteiger partial charge on any atom is -0.550 e. The molecule has 0 saturated carbocycles. The van der Waals surface area contributed by atoms with Gasteiger partial charge in [0.25, 0.3) is 0 Å². The van der Waals surface area contributed by atoms with Crippen LogP contribution in [0.2, 0.25) is 0 Å². The van der Waals surface area contributed by atoms with Gasteiger partial charge >= 0.3 is 0 Å². The van der Waals surface area contributed by atoms with Crippen LogP contribution in [0.4, 0.5) is 0 Å². The standard InChI is InChI=1S/C21H37NO4/c1-5-6-7-8-9-10-11-12-13-14-15-16-19(23)21(26,17-20(24)25)18-22(2,3)4/h9-10,12-13,26H,5-8,11,14-18H2,1-4H3/b10-9?,13-12+. The summed E-state index contributed by atoms with van der Waals surface area (Å²) in [7, 11) is 5.43. The van der Waals surface area contributed by atoms with Gasteiger partial charge in [0.1, 0.15) is 6.54 Å². The Labute approximate surface area is 159 Å². The van der Waals surface area contributed by atoms with Crippen molar-refractivity contribution in [3.8, 4) is 0 Å². The smallest absolute Gasteiger partial charge is 0.177 e. The molecular formula is C21H37NO4. The van der Waals surface area contributed by atoms with Crippen LogP contribution in [0.3, 0.4) is 0 Å². The van der Waals surface area contributed by atoms with Crippen LogP contribution in [0.15, 0.2) is 24.3 Å². The van der Waals surface area contributed by atoms with Crippen molar-refractivity contribution >= 4 is 11.8 Å². The highest BCUT2D eigenvalue weighted by Crippen LogP contribution is 2.19. The molecule has 0 radical (unpaired) electrons. The summed E-state index contributed by atoms with van der Waals surface area (Å²) < 4.78 is 0.306. The largest absolute Gasteiger partial charge is 0.550 e. The zero-order valence-electron chi connectivity index (χ0n) is 17.0. The Morgan fingerprint density at radius 2 is 1.58 bits per heavy atom. The average molecular weight is 368 g/mol. The summed E-state index contributed by atoms with van der Waals surface area (Å²) in [4.78, 5) is 23.3. The van der Waals surface area contributed by atoms with Gasteiger partial charge in [0.2, 0.25) is 0 Å². The minimum absolute atomic E-state index is 0.0540. The Bertz CT molecular complexity index is 477. The summed E-state index contributed by atoms with van der Waals surface area (Å²) >= 11 is 0. The molecule has 0 heterocycles. The number of aliphatic carboxylic acids is 1. The van der Waals surface area contributed by atoms with Crippen LogP contribution in [-0.4, -0.2) is 54.6 Å². The van der Waals surface area contributed by atoms with Gasteiger partial charge in [-0.15, -0.1) is 0 Å². The van der Waals surface area contributed by atoms with Gasteiger partial charge in [0.15, 0.2) is 11.4 Å². The fourth-order valence-corrected chi connectivity index (χ4v) is 2.90. The summed E-state index contributed by atoms with van der Waals surface area (Å²) in [6.07, 6.45) is 15.1. The van der Waals surface area contributed by atoms with E-state index in [-0.39, 0.29) is 13.0 Å². The molecule has 1 N–H and O–H groups in total. The lowest BCUT2D eigenvalue weighted by atomic mass is 9.90. The Morgan fingerprint density at radius 1 is 1.00 bits per heavy atom. The van der Waals surface area contributed by atoms with Crippen LogP contribution >= 0.6 is 0 Å². The minimum atomic E-state index is -1.86. The van der Waals surface area contributed by atoms with Gasteiger partial charge < -0.3 is 19.5 Å². The number of likely N-dealkylation sites (N-methyl/N-ethyl adjacent to an activating group) is 1. The molecule has 0 spiro atoms. The van der Waals surface area contributed by atoms with E-state index in [1.807, 2.05) is 27.2 Å². The van der Waals surface area contributed by atoms with Crippen molar-refractivity contribution < 1.29 is 24.3 Å². The van der Waals surface area contributed by atoms with Crippen molar-refractivity contribution in [3.05, 3.63) is 24.3 Å². The fourth-order valence-electron chi connectivity index (χ4n) is 2.90. The molecule has 0 aromatic heterocycles. The number of nitrogens with zero attached hydrogens (tertiary/aromatic N) is 1. The maximum Gasteiger partial charge on any atom is 0.177 e. The Kier molecular flexibility index (Phi) is 12.1. The number of hydrogen-bond donors (Lipinski definition) is 1. The highest BCUT2D eigenvalue weighted by molar-refractivity contribution is 5.90. The predicted molar refractivity (Wildman–Crippen MR) is 103 cm³/mol. The van der Waals surface area contributed by atoms with Gasteiger partial charge in [-0.25, -0.2) is 0 Å². The molecule has 5 nitrogen and oxygen atoms in total. The molecule has 0 rings (SSSR count). The second kappa shape index (κ2) is 12.8. The molecule has 26 heavy (non-hydrogen) atoms. The monoisotopic (exact) mass is 367 g/mol. The van der Waals surface area contributed by atoms with Crippen LogP contribution < -0.4 is 5.11 Å². The number of rotatable bonds is 15. The van der Waals surface area contributed by atoms with Crippen molar-refractivity contribution in [2.24, 2.45) is 0 Å². The van der Waals surface area contributed by atoms with Crippen LogP contribution in [0, 0.1) is 0 Å². The highest BCUT2D eigenvalue weighted by Gasteiger charge is 2.40. The second-order valence-corrected chi connectivity index (χ2v) is 8.02. The fraction of sp³-hybridized carbons (Fsp3) is 0.714. The van der Waals surface area contributed by atoms with E-state index in [0.29, 0.717) is 10.9 Å². The van der Waals surface area contributed by atoms with Gasteiger partial charge in [0, 0.05) is 18.8 Å². The number of allylic oxidation sites excluding steroid dienone is 4. The van der Waals surface area contributed by atoms with E-state index in [9.17, 15) is 19.8 Å². The number of hydrogen-bond acceptors (Lipinski definition) is 4. The number of aliphatic hydroxyl groups is 1. The van der Waals surface area contributed by atoms with Gasteiger partial charge in [-0.05, 0) is 32.1 Å². The molecule has 0 amide bonds. The lowest BCUT2D eigenvalue weighted by Crippen LogP contribution is -2.56. The predicted octanol–water partition coefficient (Wildman–Crippen LogP) is 2.39. The second-order valence-electron chi connectivity index (χ2n) is 8.02. The molecule has 0 aliphatic carbocycles. The summed E-state index contributed by atoms with van der Waals surface area (Å²) in [6, 6.07) is 0. The first-order chi connectivity index (χ1) is 12.1. The number of carbonyl (C=O) groups excluding carboxylic acids is 2. The van der Waals surface area contributed by atoms with Gasteiger partial charge in [-0.3, -0.25) is 4.79 Å². The Hall–Kier alpha value is -1.46. The first-order valence-corrected chi connectivity index (χ1v) is 9.66. The van der Waals surface area contributed by atoms with Crippen molar-refractivity contribution in [2.75, 3.05) is 27.7 Å². The highest BCUT2D eigenvalue weighted by atomic mass is 16.4. The van der Waals surface area contributed by atoms with Crippen molar-refractivity contribution in [1.82, 2.24) is 0 Å². The molecule has 5 heteroatoms. The number of ketones is 1. The third-order valence-electron chi connectivity index (χ3n) is 4.05. The quantitative estimate of drug-likeness (QED) is 0.274. The first kappa shape index (κ1) is 24.5. The third kappa shape index (κ3) is 12.8.